The van der Waals surface area contributed by atoms with E-state index >= 15 is 0 Å². The van der Waals surface area contributed by atoms with Crippen LogP contribution in [0.1, 0.15) is 35.4 Å². The average Bonchev–Trinajstić information content (AvgIpc) is 3.27. The van der Waals surface area contributed by atoms with Gasteiger partial charge in [0, 0.05) is 32.1 Å². The van der Waals surface area contributed by atoms with Gasteiger partial charge in [0.1, 0.15) is 5.75 Å². The van der Waals surface area contributed by atoms with E-state index in [1.54, 1.807) is 19.2 Å². The number of piperidine rings is 2. The molecule has 4 rings (SSSR count). The Hall–Kier alpha value is -2.76. The Morgan fingerprint density at radius 2 is 2.04 bits per heavy atom. The van der Waals surface area contributed by atoms with Gasteiger partial charge < -0.3 is 19.0 Å². The lowest BCUT2D eigenvalue weighted by molar-refractivity contribution is -0.140. The maximum Gasteiger partial charge on any atom is 0.289 e. The molecular formula is C22H26N2O4. The summed E-state index contributed by atoms with van der Waals surface area (Å²) in [5.74, 6) is 1.75. The minimum Gasteiger partial charge on any atom is -0.497 e. The fraction of sp³-hybridized carbons (Fsp3) is 0.455. The second kappa shape index (κ2) is 8.09. The molecule has 0 aliphatic carbocycles. The largest absolute Gasteiger partial charge is 0.497 e. The van der Waals surface area contributed by atoms with E-state index in [9.17, 15) is 9.59 Å². The molecule has 0 N–H and O–H groups in total. The first kappa shape index (κ1) is 18.6. The number of benzene rings is 1. The van der Waals surface area contributed by atoms with Gasteiger partial charge in [0.15, 0.2) is 5.76 Å². The molecule has 0 bridgehead atoms. The fourth-order valence-corrected chi connectivity index (χ4v) is 4.42. The molecule has 0 radical (unpaired) electrons. The number of furan rings is 1. The number of methoxy groups -OCH3 is 1. The SMILES string of the molecule is COc1ccc(CCN2C(=O)CC[C@@H]3CN(C(=O)c4ccco4)CC[C@@H]32)cc1. The molecule has 28 heavy (non-hydrogen) atoms. The quantitative estimate of drug-likeness (QED) is 0.798. The number of carbonyl (C=O) groups excluding carboxylic acids is 2. The van der Waals surface area contributed by atoms with Crippen LogP contribution in [0.25, 0.3) is 0 Å². The smallest absolute Gasteiger partial charge is 0.289 e. The minimum atomic E-state index is -0.0508. The third kappa shape index (κ3) is 3.77. The number of nitrogens with zero attached hydrogens (tertiary/aromatic N) is 2. The number of hydrogen-bond donors (Lipinski definition) is 0. The van der Waals surface area contributed by atoms with Crippen molar-refractivity contribution in [1.29, 1.82) is 0 Å². The zero-order chi connectivity index (χ0) is 19.5. The summed E-state index contributed by atoms with van der Waals surface area (Å²) in [6.07, 6.45) is 4.59. The first-order valence-electron chi connectivity index (χ1n) is 9.91. The Labute approximate surface area is 165 Å². The molecule has 0 unspecified atom stereocenters. The molecule has 2 amide bonds. The Kier molecular flexibility index (Phi) is 5.37. The predicted octanol–water partition coefficient (Wildman–Crippen LogP) is 2.98. The second-order valence-electron chi connectivity index (χ2n) is 7.57. The van der Waals surface area contributed by atoms with E-state index < -0.39 is 0 Å². The molecule has 2 aliphatic rings. The standard InChI is InChI=1S/C22H26N2O4/c1-27-18-7-4-16(5-8-18)10-13-24-19-11-12-23(15-17(19)6-9-21(24)25)22(26)20-3-2-14-28-20/h2-5,7-8,14,17,19H,6,9-13,15H2,1H3/t17-,19+/m1/s1. The van der Waals surface area contributed by atoms with E-state index in [1.165, 1.54) is 11.8 Å². The first-order chi connectivity index (χ1) is 13.7. The van der Waals surface area contributed by atoms with E-state index in [0.29, 0.717) is 31.2 Å². The predicted molar refractivity (Wildman–Crippen MR) is 104 cm³/mol. The van der Waals surface area contributed by atoms with Crippen molar-refractivity contribution in [3.63, 3.8) is 0 Å². The molecule has 2 saturated heterocycles. The van der Waals surface area contributed by atoms with Gasteiger partial charge in [0.2, 0.25) is 5.91 Å². The molecule has 2 aliphatic heterocycles. The van der Waals surface area contributed by atoms with Gasteiger partial charge >= 0.3 is 0 Å². The monoisotopic (exact) mass is 382 g/mol. The van der Waals surface area contributed by atoms with Crippen LogP contribution in [0.5, 0.6) is 5.75 Å². The van der Waals surface area contributed by atoms with Gasteiger partial charge in [0.25, 0.3) is 5.91 Å². The van der Waals surface area contributed by atoms with Crippen molar-refractivity contribution in [3.05, 3.63) is 54.0 Å². The minimum absolute atomic E-state index is 0.0508. The average molecular weight is 382 g/mol. The molecule has 0 saturated carbocycles. The summed E-state index contributed by atoms with van der Waals surface area (Å²) >= 11 is 0. The van der Waals surface area contributed by atoms with Crippen LogP contribution in [0.4, 0.5) is 0 Å². The number of rotatable bonds is 5. The second-order valence-corrected chi connectivity index (χ2v) is 7.57. The van der Waals surface area contributed by atoms with Crippen LogP contribution in [-0.2, 0) is 11.2 Å². The molecule has 2 fully saturated rings. The van der Waals surface area contributed by atoms with Crippen molar-refractivity contribution in [3.8, 4) is 5.75 Å². The molecule has 6 nitrogen and oxygen atoms in total. The highest BCUT2D eigenvalue weighted by molar-refractivity contribution is 5.91. The van der Waals surface area contributed by atoms with Crippen molar-refractivity contribution in [1.82, 2.24) is 9.80 Å². The summed E-state index contributed by atoms with van der Waals surface area (Å²) in [6.45, 7) is 2.07. The third-order valence-electron chi connectivity index (χ3n) is 5.96. The van der Waals surface area contributed by atoms with Crippen LogP contribution in [0.15, 0.2) is 47.1 Å². The lowest BCUT2D eigenvalue weighted by atomic mass is 9.83. The number of hydrogen-bond acceptors (Lipinski definition) is 4. The highest BCUT2D eigenvalue weighted by Gasteiger charge is 2.40. The summed E-state index contributed by atoms with van der Waals surface area (Å²) in [4.78, 5) is 29.1. The fourth-order valence-electron chi connectivity index (χ4n) is 4.42. The Morgan fingerprint density at radius 1 is 1.21 bits per heavy atom. The number of likely N-dealkylation sites (tertiary alicyclic amines) is 2. The third-order valence-corrected chi connectivity index (χ3v) is 5.96. The van der Waals surface area contributed by atoms with Gasteiger partial charge in [-0.1, -0.05) is 12.1 Å². The summed E-state index contributed by atoms with van der Waals surface area (Å²) in [7, 11) is 1.66. The molecular weight excluding hydrogens is 356 g/mol. The maximum atomic E-state index is 12.6. The topological polar surface area (TPSA) is 63.0 Å². The van der Waals surface area contributed by atoms with Crippen LogP contribution in [0, 0.1) is 5.92 Å². The molecule has 6 heteroatoms. The molecule has 1 aromatic carbocycles. The van der Waals surface area contributed by atoms with E-state index in [-0.39, 0.29) is 17.9 Å². The lowest BCUT2D eigenvalue weighted by Crippen LogP contribution is -2.57. The Morgan fingerprint density at radius 3 is 2.75 bits per heavy atom. The van der Waals surface area contributed by atoms with Crippen LogP contribution >= 0.6 is 0 Å². The van der Waals surface area contributed by atoms with Crippen LogP contribution in [0.2, 0.25) is 0 Å². The van der Waals surface area contributed by atoms with Gasteiger partial charge in [-0.05, 0) is 55.0 Å². The maximum absolute atomic E-state index is 12.6. The zero-order valence-electron chi connectivity index (χ0n) is 16.2. The van der Waals surface area contributed by atoms with Gasteiger partial charge in [0.05, 0.1) is 13.4 Å². The van der Waals surface area contributed by atoms with Crippen molar-refractivity contribution in [2.45, 2.75) is 31.7 Å². The molecule has 1 aromatic heterocycles. The van der Waals surface area contributed by atoms with Gasteiger partial charge in [-0.15, -0.1) is 0 Å². The molecule has 3 heterocycles. The van der Waals surface area contributed by atoms with Crippen LogP contribution in [0.3, 0.4) is 0 Å². The molecule has 2 atom stereocenters. The highest BCUT2D eigenvalue weighted by Crippen LogP contribution is 2.32. The Bertz CT molecular complexity index is 816. The number of amides is 2. The van der Waals surface area contributed by atoms with E-state index in [2.05, 4.69) is 12.1 Å². The summed E-state index contributed by atoms with van der Waals surface area (Å²) in [6, 6.07) is 11.7. The number of carbonyl (C=O) groups is 2. The van der Waals surface area contributed by atoms with E-state index in [0.717, 1.165) is 31.6 Å². The normalized spacial score (nSPS) is 22.1. The number of ether oxygens (including phenoxy) is 1. The van der Waals surface area contributed by atoms with Gasteiger partial charge in [-0.2, -0.15) is 0 Å². The van der Waals surface area contributed by atoms with Crippen LogP contribution < -0.4 is 4.74 Å². The molecule has 148 valence electrons. The highest BCUT2D eigenvalue weighted by atomic mass is 16.5. The lowest BCUT2D eigenvalue weighted by Gasteiger charge is -2.47. The molecule has 0 spiro atoms. The van der Waals surface area contributed by atoms with E-state index in [4.69, 9.17) is 9.15 Å². The van der Waals surface area contributed by atoms with Crippen molar-refractivity contribution >= 4 is 11.8 Å². The summed E-state index contributed by atoms with van der Waals surface area (Å²) in [5, 5.41) is 0. The van der Waals surface area contributed by atoms with Crippen LogP contribution in [-0.4, -0.2) is 54.4 Å². The van der Waals surface area contributed by atoms with Crippen molar-refractivity contribution in [2.24, 2.45) is 5.92 Å². The summed E-state index contributed by atoms with van der Waals surface area (Å²) in [5.41, 5.74) is 1.20. The van der Waals surface area contributed by atoms with Gasteiger partial charge in [-0.3, -0.25) is 9.59 Å². The first-order valence-corrected chi connectivity index (χ1v) is 9.91. The van der Waals surface area contributed by atoms with E-state index in [1.807, 2.05) is 21.9 Å². The zero-order valence-corrected chi connectivity index (χ0v) is 16.2. The number of fused-ring (bicyclic) bond motifs is 1. The molecule has 2 aromatic rings. The van der Waals surface area contributed by atoms with Crippen molar-refractivity contribution < 1.29 is 18.7 Å². The Balaban J connectivity index is 1.39. The van der Waals surface area contributed by atoms with Crippen molar-refractivity contribution in [2.75, 3.05) is 26.7 Å². The summed E-state index contributed by atoms with van der Waals surface area (Å²) < 4.78 is 10.5. The van der Waals surface area contributed by atoms with Gasteiger partial charge in [-0.25, -0.2) is 0 Å².